The molecule has 0 saturated heterocycles. The van der Waals surface area contributed by atoms with Gasteiger partial charge in [0.15, 0.2) is 6.10 Å². The van der Waals surface area contributed by atoms with E-state index in [-0.39, 0.29) is 15.5 Å². The number of esters is 1. The Labute approximate surface area is 208 Å². The van der Waals surface area contributed by atoms with Crippen LogP contribution in [0, 0.1) is 6.92 Å². The van der Waals surface area contributed by atoms with E-state index in [0.29, 0.717) is 16.4 Å². The molecule has 178 valence electrons. The second-order valence-electron chi connectivity index (χ2n) is 7.50. The highest BCUT2D eigenvalue weighted by molar-refractivity contribution is 7.92. The Balaban J connectivity index is 1.73. The Bertz CT molecular complexity index is 1330. The minimum absolute atomic E-state index is 0.0115. The number of nitrogens with one attached hydrogen (secondary N) is 1. The molecule has 0 saturated carbocycles. The Morgan fingerprint density at radius 3 is 2.32 bits per heavy atom. The summed E-state index contributed by atoms with van der Waals surface area (Å²) >= 11 is 11.9. The van der Waals surface area contributed by atoms with Gasteiger partial charge in [0.05, 0.1) is 26.9 Å². The number of carbonyl (C=O) groups excluding carboxylic acids is 2. The normalized spacial score (nSPS) is 12.0. The highest BCUT2D eigenvalue weighted by Crippen LogP contribution is 2.26. The van der Waals surface area contributed by atoms with Gasteiger partial charge in [-0.2, -0.15) is 0 Å². The first-order chi connectivity index (χ1) is 16.0. The van der Waals surface area contributed by atoms with Crippen LogP contribution in [0.5, 0.6) is 0 Å². The Hall–Kier alpha value is -3.07. The molecule has 0 heterocycles. The number of rotatable bonds is 7. The third-order valence-electron chi connectivity index (χ3n) is 4.97. The lowest BCUT2D eigenvalue weighted by molar-refractivity contribution is -0.123. The van der Waals surface area contributed by atoms with Crippen LogP contribution >= 0.6 is 23.2 Å². The van der Waals surface area contributed by atoms with Crippen LogP contribution in [0.1, 0.15) is 22.8 Å². The van der Waals surface area contributed by atoms with Crippen molar-refractivity contribution < 1.29 is 22.7 Å². The molecule has 1 unspecified atom stereocenters. The van der Waals surface area contributed by atoms with Crippen molar-refractivity contribution in [3.8, 4) is 0 Å². The zero-order valence-corrected chi connectivity index (χ0v) is 20.9. The van der Waals surface area contributed by atoms with E-state index >= 15 is 0 Å². The molecule has 3 aromatic rings. The van der Waals surface area contributed by atoms with Gasteiger partial charge in [-0.25, -0.2) is 13.2 Å². The summed E-state index contributed by atoms with van der Waals surface area (Å²) in [4.78, 5) is 25.0. The van der Waals surface area contributed by atoms with E-state index in [1.54, 1.807) is 30.3 Å². The molecule has 0 aliphatic carbocycles. The Morgan fingerprint density at radius 1 is 1.00 bits per heavy atom. The molecule has 0 bridgehead atoms. The first-order valence-electron chi connectivity index (χ1n) is 10.1. The fourth-order valence-electron chi connectivity index (χ4n) is 2.94. The molecule has 0 fully saturated rings. The smallest absolute Gasteiger partial charge is 0.338 e. The zero-order valence-electron chi connectivity index (χ0n) is 18.6. The summed E-state index contributed by atoms with van der Waals surface area (Å²) in [5, 5.41) is 3.20. The topological polar surface area (TPSA) is 92.8 Å². The molecule has 0 aliphatic heterocycles. The maximum atomic E-state index is 13.1. The quantitative estimate of drug-likeness (QED) is 0.426. The SMILES string of the molecule is Cc1ccc(N(C)S(=O)(=O)c2cccc(C(=O)OC(C)C(=O)Nc3ccc(Cl)cc3Cl)c2)cc1. The van der Waals surface area contributed by atoms with Gasteiger partial charge < -0.3 is 10.1 Å². The molecular formula is C24H22Cl2N2O5S. The van der Waals surface area contributed by atoms with E-state index in [1.807, 2.05) is 6.92 Å². The molecule has 10 heteroatoms. The number of ether oxygens (including phenoxy) is 1. The molecule has 1 amide bonds. The molecule has 1 atom stereocenters. The number of anilines is 2. The predicted molar refractivity (Wildman–Crippen MR) is 133 cm³/mol. The minimum Gasteiger partial charge on any atom is -0.449 e. The lowest BCUT2D eigenvalue weighted by Crippen LogP contribution is -2.30. The van der Waals surface area contributed by atoms with Crippen molar-refractivity contribution in [2.24, 2.45) is 0 Å². The van der Waals surface area contributed by atoms with Crippen molar-refractivity contribution >= 4 is 56.5 Å². The van der Waals surface area contributed by atoms with Crippen LogP contribution < -0.4 is 9.62 Å². The third-order valence-corrected chi connectivity index (χ3v) is 7.30. The van der Waals surface area contributed by atoms with Crippen LogP contribution in [0.2, 0.25) is 10.0 Å². The first kappa shape index (κ1) is 25.6. The number of amides is 1. The molecule has 3 aromatic carbocycles. The van der Waals surface area contributed by atoms with Gasteiger partial charge in [0.25, 0.3) is 15.9 Å². The maximum absolute atomic E-state index is 13.1. The number of benzene rings is 3. The van der Waals surface area contributed by atoms with Gasteiger partial charge >= 0.3 is 5.97 Å². The monoisotopic (exact) mass is 520 g/mol. The third kappa shape index (κ3) is 5.88. The van der Waals surface area contributed by atoms with E-state index in [0.717, 1.165) is 9.87 Å². The summed E-state index contributed by atoms with van der Waals surface area (Å²) in [6.07, 6.45) is -1.17. The van der Waals surface area contributed by atoms with E-state index in [1.165, 1.54) is 50.4 Å². The molecule has 7 nitrogen and oxygen atoms in total. The van der Waals surface area contributed by atoms with Gasteiger partial charge in [-0.05, 0) is 62.4 Å². The van der Waals surface area contributed by atoms with Crippen molar-refractivity contribution in [3.05, 3.63) is 87.9 Å². The van der Waals surface area contributed by atoms with Crippen molar-refractivity contribution in [1.82, 2.24) is 0 Å². The largest absolute Gasteiger partial charge is 0.449 e. The van der Waals surface area contributed by atoms with Crippen LogP contribution in [0.15, 0.2) is 71.6 Å². The summed E-state index contributed by atoms with van der Waals surface area (Å²) in [5.41, 5.74) is 1.77. The van der Waals surface area contributed by atoms with Crippen molar-refractivity contribution in [2.75, 3.05) is 16.7 Å². The van der Waals surface area contributed by atoms with Crippen molar-refractivity contribution in [3.63, 3.8) is 0 Å². The van der Waals surface area contributed by atoms with Crippen molar-refractivity contribution in [1.29, 1.82) is 0 Å². The lowest BCUT2D eigenvalue weighted by Gasteiger charge is -2.20. The van der Waals surface area contributed by atoms with Gasteiger partial charge in [0.2, 0.25) is 0 Å². The van der Waals surface area contributed by atoms with Crippen LogP contribution in [-0.4, -0.2) is 33.4 Å². The number of carbonyl (C=O) groups is 2. The minimum atomic E-state index is -3.93. The Kier molecular flexibility index (Phi) is 7.86. The van der Waals surface area contributed by atoms with Crippen molar-refractivity contribution in [2.45, 2.75) is 24.8 Å². The molecule has 0 aliphatic rings. The van der Waals surface area contributed by atoms with Gasteiger partial charge in [-0.15, -0.1) is 0 Å². The maximum Gasteiger partial charge on any atom is 0.338 e. The second-order valence-corrected chi connectivity index (χ2v) is 10.3. The predicted octanol–water partition coefficient (Wildman–Crippen LogP) is 5.31. The second kappa shape index (κ2) is 10.5. The molecule has 1 N–H and O–H groups in total. The van der Waals surface area contributed by atoms with Gasteiger partial charge in [0.1, 0.15) is 0 Å². The summed E-state index contributed by atoms with van der Waals surface area (Å²) in [7, 11) is -2.50. The van der Waals surface area contributed by atoms with Gasteiger partial charge in [0, 0.05) is 12.1 Å². The molecule has 3 rings (SSSR count). The van der Waals surface area contributed by atoms with Gasteiger partial charge in [-0.3, -0.25) is 9.10 Å². The number of nitrogens with zero attached hydrogens (tertiary/aromatic N) is 1. The summed E-state index contributed by atoms with van der Waals surface area (Å²) in [6.45, 7) is 3.29. The summed E-state index contributed by atoms with van der Waals surface area (Å²) in [6, 6.07) is 17.0. The highest BCUT2D eigenvalue weighted by atomic mass is 35.5. The highest BCUT2D eigenvalue weighted by Gasteiger charge is 2.24. The molecule has 34 heavy (non-hydrogen) atoms. The summed E-state index contributed by atoms with van der Waals surface area (Å²) < 4.78 is 32.5. The van der Waals surface area contributed by atoms with E-state index in [2.05, 4.69) is 5.32 Å². The van der Waals surface area contributed by atoms with Crippen LogP contribution in [0.3, 0.4) is 0 Å². The number of halogens is 2. The van der Waals surface area contributed by atoms with Gasteiger partial charge in [-0.1, -0.05) is 47.0 Å². The average molecular weight is 521 g/mol. The van der Waals surface area contributed by atoms with Crippen LogP contribution in [0.25, 0.3) is 0 Å². The lowest BCUT2D eigenvalue weighted by atomic mass is 10.2. The molecule has 0 spiro atoms. The van der Waals surface area contributed by atoms with E-state index in [9.17, 15) is 18.0 Å². The molecular weight excluding hydrogens is 499 g/mol. The number of hydrogen-bond acceptors (Lipinski definition) is 5. The fraction of sp³-hybridized carbons (Fsp3) is 0.167. The first-order valence-corrected chi connectivity index (χ1v) is 12.3. The van der Waals surface area contributed by atoms with E-state index < -0.39 is 28.0 Å². The number of hydrogen-bond donors (Lipinski definition) is 1. The number of sulfonamides is 1. The fourth-order valence-corrected chi connectivity index (χ4v) is 4.64. The molecule has 0 aromatic heterocycles. The number of aryl methyl sites for hydroxylation is 1. The van der Waals surface area contributed by atoms with E-state index in [4.69, 9.17) is 27.9 Å². The zero-order chi connectivity index (χ0) is 25.0. The standard InChI is InChI=1S/C24H22Cl2N2O5S/c1-15-7-10-19(11-8-15)28(3)34(31,32)20-6-4-5-17(13-20)24(30)33-16(2)23(29)27-22-12-9-18(25)14-21(22)26/h4-14,16H,1-3H3,(H,27,29). The average Bonchev–Trinajstić information content (AvgIpc) is 2.80. The Morgan fingerprint density at radius 2 is 1.68 bits per heavy atom. The summed E-state index contributed by atoms with van der Waals surface area (Å²) in [5.74, 6) is -1.46. The molecule has 0 radical (unpaired) electrons. The van der Waals surface area contributed by atoms with Crippen LogP contribution in [-0.2, 0) is 19.6 Å². The van der Waals surface area contributed by atoms with Crippen LogP contribution in [0.4, 0.5) is 11.4 Å².